The van der Waals surface area contributed by atoms with E-state index in [0.717, 1.165) is 28.2 Å². The van der Waals surface area contributed by atoms with Gasteiger partial charge in [-0.15, -0.1) is 0 Å². The van der Waals surface area contributed by atoms with Gasteiger partial charge in [0.15, 0.2) is 5.65 Å². The Kier molecular flexibility index (Phi) is 6.02. The number of halogens is 1. The summed E-state index contributed by atoms with van der Waals surface area (Å²) in [5.74, 6) is 1.52. The molecule has 0 saturated carbocycles. The normalized spacial score (nSPS) is 15.5. The van der Waals surface area contributed by atoms with Crippen LogP contribution in [0.3, 0.4) is 0 Å². The molecule has 1 N–H and O–H groups in total. The summed E-state index contributed by atoms with van der Waals surface area (Å²) >= 11 is 0. The maximum Gasteiger partial charge on any atom is 0.228 e. The first-order valence-electron chi connectivity index (χ1n) is 12.3. The van der Waals surface area contributed by atoms with Crippen molar-refractivity contribution in [1.82, 2.24) is 24.5 Å². The predicted molar refractivity (Wildman–Crippen MR) is 140 cm³/mol. The van der Waals surface area contributed by atoms with Crippen molar-refractivity contribution in [3.63, 3.8) is 0 Å². The number of nitrogens with one attached hydrogen (secondary N) is 1. The summed E-state index contributed by atoms with van der Waals surface area (Å²) in [5, 5.41) is 8.83. The highest BCUT2D eigenvalue weighted by molar-refractivity contribution is 5.85. The molecule has 8 nitrogen and oxygen atoms in total. The number of piperazine rings is 1. The lowest BCUT2D eigenvalue weighted by Crippen LogP contribution is -2.52. The Morgan fingerprint density at radius 2 is 1.83 bits per heavy atom. The number of carbonyl (C=O) groups excluding carboxylic acids is 1. The van der Waals surface area contributed by atoms with Crippen molar-refractivity contribution >= 4 is 34.1 Å². The second-order valence-corrected chi connectivity index (χ2v) is 10.5. The Bertz CT molecular complexity index is 1430. The van der Waals surface area contributed by atoms with E-state index < -0.39 is 5.41 Å². The molecule has 36 heavy (non-hydrogen) atoms. The Balaban J connectivity index is 1.51. The summed E-state index contributed by atoms with van der Waals surface area (Å²) < 4.78 is 16.2. The third-order valence-corrected chi connectivity index (χ3v) is 6.81. The van der Waals surface area contributed by atoms with E-state index in [2.05, 4.69) is 33.3 Å². The number of hydrogen-bond acceptors (Lipinski definition) is 6. The van der Waals surface area contributed by atoms with Crippen molar-refractivity contribution in [1.29, 1.82) is 0 Å². The van der Waals surface area contributed by atoms with Crippen molar-refractivity contribution in [2.45, 2.75) is 40.7 Å². The van der Waals surface area contributed by atoms with E-state index in [9.17, 15) is 9.18 Å². The molecule has 9 heteroatoms. The molecule has 1 aliphatic rings. The fraction of sp³-hybridized carbons (Fsp3) is 0.407. The Morgan fingerprint density at radius 1 is 1.08 bits per heavy atom. The van der Waals surface area contributed by atoms with Gasteiger partial charge in [0.05, 0.1) is 17.8 Å². The Hall–Kier alpha value is -3.75. The zero-order valence-electron chi connectivity index (χ0n) is 21.4. The summed E-state index contributed by atoms with van der Waals surface area (Å²) in [6.07, 6.45) is 3.47. The molecule has 5 rings (SSSR count). The molecule has 1 saturated heterocycles. The lowest BCUT2D eigenvalue weighted by molar-refractivity contribution is -0.139. The molecule has 0 aliphatic carbocycles. The average Bonchev–Trinajstić information content (AvgIpc) is 3.35. The lowest BCUT2D eigenvalue weighted by atomic mass is 9.94. The fourth-order valence-electron chi connectivity index (χ4n) is 4.77. The van der Waals surface area contributed by atoms with E-state index in [1.165, 1.54) is 6.07 Å². The van der Waals surface area contributed by atoms with Gasteiger partial charge in [0.25, 0.3) is 0 Å². The first-order valence-corrected chi connectivity index (χ1v) is 12.3. The molecule has 0 bridgehead atoms. The molecule has 1 amide bonds. The first kappa shape index (κ1) is 24.0. The van der Waals surface area contributed by atoms with Crippen LogP contribution in [-0.2, 0) is 4.79 Å². The van der Waals surface area contributed by atoms with Gasteiger partial charge in [0.1, 0.15) is 17.5 Å². The SMILES string of the molecule is Cc1c(F)ccc2cc(C(C)Nc3ccnc4ccnn34)c(N3CCN(C(=O)C(C)(C)C)CC3)nc12. The van der Waals surface area contributed by atoms with Crippen LogP contribution in [-0.4, -0.2) is 56.6 Å². The summed E-state index contributed by atoms with van der Waals surface area (Å²) in [6.45, 7) is 12.3. The number of aromatic nitrogens is 4. The molecule has 3 aromatic heterocycles. The molecule has 4 heterocycles. The number of pyridine rings is 1. The van der Waals surface area contributed by atoms with Crippen molar-refractivity contribution < 1.29 is 9.18 Å². The van der Waals surface area contributed by atoms with E-state index in [0.29, 0.717) is 37.3 Å². The standard InChI is InChI=1S/C27H32FN7O/c1-17-21(28)7-6-19-16-20(18(2)31-23-8-10-29-22-9-11-30-35(22)23)25(32-24(17)19)33-12-14-34(15-13-33)26(36)27(3,4)5/h6-11,16,18,31H,12-15H2,1-5H3. The number of amides is 1. The second kappa shape index (κ2) is 9.04. The third-order valence-electron chi connectivity index (χ3n) is 6.81. The molecule has 188 valence electrons. The van der Waals surface area contributed by atoms with Gasteiger partial charge in [-0.25, -0.2) is 14.4 Å². The molecule has 0 radical (unpaired) electrons. The zero-order valence-corrected chi connectivity index (χ0v) is 21.4. The van der Waals surface area contributed by atoms with Crippen molar-refractivity contribution in [3.8, 4) is 0 Å². The van der Waals surface area contributed by atoms with Crippen molar-refractivity contribution in [2.75, 3.05) is 36.4 Å². The van der Waals surface area contributed by atoms with Gasteiger partial charge >= 0.3 is 0 Å². The van der Waals surface area contributed by atoms with E-state index in [1.54, 1.807) is 29.9 Å². The molecular weight excluding hydrogens is 457 g/mol. The van der Waals surface area contributed by atoms with Crippen LogP contribution in [0.25, 0.3) is 16.6 Å². The van der Waals surface area contributed by atoms with Crippen LogP contribution in [0.1, 0.15) is 44.9 Å². The molecule has 1 atom stereocenters. The minimum absolute atomic E-state index is 0.119. The zero-order chi connectivity index (χ0) is 25.6. The van der Waals surface area contributed by atoms with Crippen molar-refractivity contribution in [2.24, 2.45) is 5.41 Å². The topological polar surface area (TPSA) is 78.7 Å². The highest BCUT2D eigenvalue weighted by atomic mass is 19.1. The summed E-state index contributed by atoms with van der Waals surface area (Å²) in [5.41, 5.74) is 2.54. The van der Waals surface area contributed by atoms with Crippen LogP contribution in [0.15, 0.2) is 42.7 Å². The highest BCUT2D eigenvalue weighted by Crippen LogP contribution is 2.33. The van der Waals surface area contributed by atoms with Gasteiger partial charge in [0.2, 0.25) is 5.91 Å². The number of nitrogens with zero attached hydrogens (tertiary/aromatic N) is 6. The largest absolute Gasteiger partial charge is 0.363 e. The number of aryl methyl sites for hydroxylation is 1. The van der Waals surface area contributed by atoms with Crippen LogP contribution in [0.5, 0.6) is 0 Å². The fourth-order valence-corrected chi connectivity index (χ4v) is 4.77. The minimum atomic E-state index is -0.413. The van der Waals surface area contributed by atoms with Crippen molar-refractivity contribution in [3.05, 3.63) is 59.7 Å². The lowest BCUT2D eigenvalue weighted by Gasteiger charge is -2.39. The summed E-state index contributed by atoms with van der Waals surface area (Å²) in [6, 6.07) is 8.99. The monoisotopic (exact) mass is 489 g/mol. The minimum Gasteiger partial charge on any atom is -0.363 e. The number of benzene rings is 1. The van der Waals surface area contributed by atoms with Gasteiger partial charge in [0, 0.05) is 60.4 Å². The maximum atomic E-state index is 14.4. The number of anilines is 2. The summed E-state index contributed by atoms with van der Waals surface area (Å²) in [7, 11) is 0. The molecule has 1 fully saturated rings. The van der Waals surface area contributed by atoms with Gasteiger partial charge in [-0.2, -0.15) is 9.61 Å². The predicted octanol–water partition coefficient (Wildman–Crippen LogP) is 4.59. The van der Waals surface area contributed by atoms with Crippen LogP contribution in [0.4, 0.5) is 16.0 Å². The average molecular weight is 490 g/mol. The van der Waals surface area contributed by atoms with Crippen LogP contribution < -0.4 is 10.2 Å². The molecule has 0 spiro atoms. The van der Waals surface area contributed by atoms with Crippen LogP contribution in [0.2, 0.25) is 0 Å². The Morgan fingerprint density at radius 3 is 2.56 bits per heavy atom. The molecule has 1 unspecified atom stereocenters. The van der Waals surface area contributed by atoms with Gasteiger partial charge < -0.3 is 15.1 Å². The first-order chi connectivity index (χ1) is 17.1. The third kappa shape index (κ3) is 4.34. The molecule has 1 aromatic carbocycles. The van der Waals surface area contributed by atoms with Crippen LogP contribution in [0, 0.1) is 18.2 Å². The van der Waals surface area contributed by atoms with Crippen LogP contribution >= 0.6 is 0 Å². The smallest absolute Gasteiger partial charge is 0.228 e. The number of carbonyl (C=O) groups is 1. The second-order valence-electron chi connectivity index (χ2n) is 10.5. The number of hydrogen-bond donors (Lipinski definition) is 1. The Labute approximate surface area is 210 Å². The molecule has 1 aliphatic heterocycles. The number of fused-ring (bicyclic) bond motifs is 2. The van der Waals surface area contributed by atoms with Gasteiger partial charge in [-0.05, 0) is 38.1 Å². The number of rotatable bonds is 4. The maximum absolute atomic E-state index is 14.4. The summed E-state index contributed by atoms with van der Waals surface area (Å²) in [4.78, 5) is 26.3. The highest BCUT2D eigenvalue weighted by Gasteiger charge is 2.31. The quantitative estimate of drug-likeness (QED) is 0.452. The van der Waals surface area contributed by atoms with E-state index in [-0.39, 0.29) is 17.8 Å². The van der Waals surface area contributed by atoms with E-state index in [1.807, 2.05) is 37.8 Å². The van der Waals surface area contributed by atoms with Gasteiger partial charge in [-0.1, -0.05) is 20.8 Å². The van der Waals surface area contributed by atoms with Gasteiger partial charge in [-0.3, -0.25) is 4.79 Å². The van der Waals surface area contributed by atoms with E-state index >= 15 is 0 Å². The van der Waals surface area contributed by atoms with E-state index in [4.69, 9.17) is 4.98 Å². The molecule has 4 aromatic rings. The molecular formula is C27H32FN7O.